The lowest BCUT2D eigenvalue weighted by Crippen LogP contribution is -2.12. The van der Waals surface area contributed by atoms with Crippen LogP contribution < -0.4 is 11.1 Å². The monoisotopic (exact) mass is 264 g/mol. The van der Waals surface area contributed by atoms with Gasteiger partial charge >= 0.3 is 0 Å². The predicted octanol–water partition coefficient (Wildman–Crippen LogP) is 2.56. The number of aryl methyl sites for hydroxylation is 1. The zero-order chi connectivity index (χ0) is 14.4. The fourth-order valence-corrected chi connectivity index (χ4v) is 1.75. The van der Waals surface area contributed by atoms with Crippen LogP contribution in [0.1, 0.15) is 21.5 Å². The molecule has 0 aromatic heterocycles. The van der Waals surface area contributed by atoms with Gasteiger partial charge in [0.05, 0.1) is 12.2 Å². The third-order valence-electron chi connectivity index (χ3n) is 2.81. The molecule has 20 heavy (non-hydrogen) atoms. The quantitative estimate of drug-likeness (QED) is 0.819. The Morgan fingerprint density at radius 1 is 1.15 bits per heavy atom. The summed E-state index contributed by atoms with van der Waals surface area (Å²) in [6.07, 6.45) is 0. The molecule has 3 N–H and O–H groups in total. The SMILES string of the molecule is Cc1ccc(C(=O)Nc2ccccc2C#CCN)cc1. The van der Waals surface area contributed by atoms with Crippen molar-refractivity contribution in [3.63, 3.8) is 0 Å². The molecule has 0 saturated carbocycles. The summed E-state index contributed by atoms with van der Waals surface area (Å²) in [4.78, 5) is 12.2. The van der Waals surface area contributed by atoms with Gasteiger partial charge in [-0.25, -0.2) is 0 Å². The molecule has 0 aliphatic carbocycles. The zero-order valence-electron chi connectivity index (χ0n) is 11.3. The van der Waals surface area contributed by atoms with Crippen molar-refractivity contribution in [3.8, 4) is 11.8 Å². The number of hydrogen-bond acceptors (Lipinski definition) is 2. The number of carbonyl (C=O) groups is 1. The summed E-state index contributed by atoms with van der Waals surface area (Å²) in [6, 6.07) is 14.8. The van der Waals surface area contributed by atoms with Crippen LogP contribution in [-0.4, -0.2) is 12.5 Å². The van der Waals surface area contributed by atoms with Crippen LogP contribution in [0, 0.1) is 18.8 Å². The molecule has 0 bridgehead atoms. The second kappa shape index (κ2) is 6.55. The van der Waals surface area contributed by atoms with Crippen molar-refractivity contribution < 1.29 is 4.79 Å². The van der Waals surface area contributed by atoms with E-state index >= 15 is 0 Å². The molecule has 3 heteroatoms. The Bertz CT molecular complexity index is 663. The van der Waals surface area contributed by atoms with Gasteiger partial charge in [-0.1, -0.05) is 41.7 Å². The highest BCUT2D eigenvalue weighted by atomic mass is 16.1. The first kappa shape index (κ1) is 13.9. The molecule has 2 aromatic rings. The summed E-state index contributed by atoms with van der Waals surface area (Å²) in [5, 5.41) is 2.87. The molecule has 0 spiro atoms. The van der Waals surface area contributed by atoms with Gasteiger partial charge in [-0.2, -0.15) is 0 Å². The van der Waals surface area contributed by atoms with Gasteiger partial charge in [-0.15, -0.1) is 0 Å². The van der Waals surface area contributed by atoms with Crippen molar-refractivity contribution in [2.24, 2.45) is 5.73 Å². The first-order chi connectivity index (χ1) is 9.70. The standard InChI is InChI=1S/C17H16N2O/c1-13-8-10-15(11-9-13)17(20)19-16-7-3-2-5-14(16)6-4-12-18/h2-3,5,7-11H,12,18H2,1H3,(H,19,20). The average molecular weight is 264 g/mol. The van der Waals surface area contributed by atoms with E-state index in [1.54, 1.807) is 12.1 Å². The first-order valence-electron chi connectivity index (χ1n) is 6.36. The number of rotatable bonds is 2. The normalized spacial score (nSPS) is 9.50. The summed E-state index contributed by atoms with van der Waals surface area (Å²) in [5.41, 5.74) is 8.57. The van der Waals surface area contributed by atoms with E-state index in [0.29, 0.717) is 17.8 Å². The Labute approximate surface area is 118 Å². The van der Waals surface area contributed by atoms with Gasteiger partial charge in [-0.3, -0.25) is 4.79 Å². The van der Waals surface area contributed by atoms with Crippen LogP contribution >= 0.6 is 0 Å². The Hall–Kier alpha value is -2.57. The molecule has 0 unspecified atom stereocenters. The van der Waals surface area contributed by atoms with Gasteiger partial charge in [0.25, 0.3) is 5.91 Å². The van der Waals surface area contributed by atoms with Gasteiger partial charge in [-0.05, 0) is 31.2 Å². The van der Waals surface area contributed by atoms with Gasteiger partial charge in [0.2, 0.25) is 0 Å². The average Bonchev–Trinajstić information content (AvgIpc) is 2.47. The fourth-order valence-electron chi connectivity index (χ4n) is 1.75. The predicted molar refractivity (Wildman–Crippen MR) is 81.5 cm³/mol. The van der Waals surface area contributed by atoms with Gasteiger partial charge in [0.1, 0.15) is 0 Å². The van der Waals surface area contributed by atoms with Gasteiger partial charge < -0.3 is 11.1 Å². The van der Waals surface area contributed by atoms with Crippen molar-refractivity contribution in [2.75, 3.05) is 11.9 Å². The van der Waals surface area contributed by atoms with Crippen LogP contribution in [0.5, 0.6) is 0 Å². The van der Waals surface area contributed by atoms with Crippen LogP contribution in [-0.2, 0) is 0 Å². The highest BCUT2D eigenvalue weighted by Gasteiger charge is 2.07. The Kier molecular flexibility index (Phi) is 4.54. The molecular weight excluding hydrogens is 248 g/mol. The van der Waals surface area contributed by atoms with Crippen LogP contribution in [0.4, 0.5) is 5.69 Å². The van der Waals surface area contributed by atoms with Crippen molar-refractivity contribution in [1.29, 1.82) is 0 Å². The molecule has 0 aliphatic heterocycles. The van der Waals surface area contributed by atoms with Gasteiger partial charge in [0, 0.05) is 11.1 Å². The first-order valence-corrected chi connectivity index (χ1v) is 6.36. The smallest absolute Gasteiger partial charge is 0.255 e. The Balaban J connectivity index is 2.21. The molecule has 0 saturated heterocycles. The van der Waals surface area contributed by atoms with E-state index in [1.165, 1.54) is 0 Å². The topological polar surface area (TPSA) is 55.1 Å². The molecular formula is C17H16N2O. The van der Waals surface area contributed by atoms with E-state index in [-0.39, 0.29) is 5.91 Å². The molecule has 2 rings (SSSR count). The maximum absolute atomic E-state index is 12.2. The number of para-hydroxylation sites is 1. The lowest BCUT2D eigenvalue weighted by molar-refractivity contribution is 0.102. The minimum atomic E-state index is -0.146. The lowest BCUT2D eigenvalue weighted by Gasteiger charge is -2.07. The summed E-state index contributed by atoms with van der Waals surface area (Å²) < 4.78 is 0. The minimum Gasteiger partial charge on any atom is -0.321 e. The van der Waals surface area contributed by atoms with E-state index < -0.39 is 0 Å². The molecule has 0 atom stereocenters. The Morgan fingerprint density at radius 3 is 2.55 bits per heavy atom. The number of nitrogens with two attached hydrogens (primary N) is 1. The minimum absolute atomic E-state index is 0.146. The van der Waals surface area contributed by atoms with Crippen molar-refractivity contribution in [1.82, 2.24) is 0 Å². The number of nitrogens with one attached hydrogen (secondary N) is 1. The van der Waals surface area contributed by atoms with Crippen LogP contribution in [0.3, 0.4) is 0 Å². The van der Waals surface area contributed by atoms with Crippen molar-refractivity contribution >= 4 is 11.6 Å². The van der Waals surface area contributed by atoms with Crippen LogP contribution in [0.15, 0.2) is 48.5 Å². The highest BCUT2D eigenvalue weighted by Crippen LogP contribution is 2.15. The van der Waals surface area contributed by atoms with Crippen LogP contribution in [0.2, 0.25) is 0 Å². The summed E-state index contributed by atoms with van der Waals surface area (Å²) in [5.74, 6) is 5.59. The molecule has 3 nitrogen and oxygen atoms in total. The molecule has 2 aromatic carbocycles. The van der Waals surface area contributed by atoms with Gasteiger partial charge in [0.15, 0.2) is 0 Å². The summed E-state index contributed by atoms with van der Waals surface area (Å²) in [6.45, 7) is 2.28. The van der Waals surface area contributed by atoms with Crippen LogP contribution in [0.25, 0.3) is 0 Å². The fraction of sp³-hybridized carbons (Fsp3) is 0.118. The molecule has 0 radical (unpaired) electrons. The number of anilines is 1. The second-order valence-corrected chi connectivity index (χ2v) is 4.37. The molecule has 100 valence electrons. The maximum atomic E-state index is 12.2. The number of hydrogen-bond donors (Lipinski definition) is 2. The van der Waals surface area contributed by atoms with Crippen molar-refractivity contribution in [2.45, 2.75) is 6.92 Å². The highest BCUT2D eigenvalue weighted by molar-refractivity contribution is 6.04. The molecule has 0 heterocycles. The zero-order valence-corrected chi connectivity index (χ0v) is 11.3. The summed E-state index contributed by atoms with van der Waals surface area (Å²) in [7, 11) is 0. The van der Waals surface area contributed by atoms with E-state index in [4.69, 9.17) is 5.73 Å². The lowest BCUT2D eigenvalue weighted by atomic mass is 10.1. The van der Waals surface area contributed by atoms with Crippen molar-refractivity contribution in [3.05, 3.63) is 65.2 Å². The van der Waals surface area contributed by atoms with E-state index in [2.05, 4.69) is 17.2 Å². The number of amides is 1. The third kappa shape index (κ3) is 3.47. The Morgan fingerprint density at radius 2 is 1.85 bits per heavy atom. The maximum Gasteiger partial charge on any atom is 0.255 e. The molecule has 0 fully saturated rings. The number of benzene rings is 2. The second-order valence-electron chi connectivity index (χ2n) is 4.37. The largest absolute Gasteiger partial charge is 0.321 e. The van der Waals surface area contributed by atoms with E-state index in [1.807, 2.05) is 43.3 Å². The summed E-state index contributed by atoms with van der Waals surface area (Å²) >= 11 is 0. The third-order valence-corrected chi connectivity index (χ3v) is 2.81. The molecule has 0 aliphatic rings. The van der Waals surface area contributed by atoms with E-state index in [0.717, 1.165) is 11.1 Å². The number of carbonyl (C=O) groups excluding carboxylic acids is 1. The molecule has 1 amide bonds. The van der Waals surface area contributed by atoms with E-state index in [9.17, 15) is 4.79 Å².